The second kappa shape index (κ2) is 13.8. The zero-order valence-electron chi connectivity index (χ0n) is 23.3. The van der Waals surface area contributed by atoms with Gasteiger partial charge in [-0.05, 0) is 56.8 Å². The highest BCUT2D eigenvalue weighted by Gasteiger charge is 2.31. The van der Waals surface area contributed by atoms with Crippen molar-refractivity contribution >= 4 is 22.9 Å². The number of amides is 1. The lowest BCUT2D eigenvalue weighted by molar-refractivity contribution is -0.112. The summed E-state index contributed by atoms with van der Waals surface area (Å²) in [5.74, 6) is 0.0241. The molecule has 2 aliphatic carbocycles. The second-order valence-corrected chi connectivity index (χ2v) is 10.0. The number of morpholine rings is 1. The van der Waals surface area contributed by atoms with Crippen LogP contribution in [0.5, 0.6) is 5.75 Å². The highest BCUT2D eigenvalue weighted by molar-refractivity contribution is 6.24. The fourth-order valence-corrected chi connectivity index (χ4v) is 5.10. The van der Waals surface area contributed by atoms with Crippen LogP contribution in [0.25, 0.3) is 5.57 Å². The van der Waals surface area contributed by atoms with E-state index in [1.807, 2.05) is 0 Å². The van der Waals surface area contributed by atoms with E-state index in [4.69, 9.17) is 15.2 Å². The van der Waals surface area contributed by atoms with Gasteiger partial charge in [-0.2, -0.15) is 13.2 Å². The van der Waals surface area contributed by atoms with Crippen molar-refractivity contribution in [2.45, 2.75) is 51.2 Å². The highest BCUT2D eigenvalue weighted by Crippen LogP contribution is 2.34. The topological polar surface area (TPSA) is 102 Å². The lowest BCUT2D eigenvalue weighted by Gasteiger charge is -2.36. The molecule has 1 saturated heterocycles. The summed E-state index contributed by atoms with van der Waals surface area (Å²) < 4.78 is 50.5. The molecule has 1 atom stereocenters. The number of alkyl halides is 3. The number of carbonyl (C=O) groups is 1. The average molecular weight is 572 g/mol. The summed E-state index contributed by atoms with van der Waals surface area (Å²) in [6.07, 6.45) is 8.90. The Morgan fingerprint density at radius 1 is 1.27 bits per heavy atom. The molecule has 1 aliphatic heterocycles. The third-order valence-corrected chi connectivity index (χ3v) is 7.34. The van der Waals surface area contributed by atoms with E-state index in [1.54, 1.807) is 26.3 Å². The molecule has 3 N–H and O–H groups in total. The monoisotopic (exact) mass is 571 g/mol. The van der Waals surface area contributed by atoms with Crippen LogP contribution in [0.4, 0.5) is 18.9 Å². The van der Waals surface area contributed by atoms with E-state index in [-0.39, 0.29) is 11.3 Å². The van der Waals surface area contributed by atoms with E-state index >= 15 is 0 Å². The number of carbonyl (C=O) groups excluding carboxylic acids is 1. The number of hydrogen-bond acceptors (Lipinski definition) is 7. The third-order valence-electron chi connectivity index (χ3n) is 7.34. The molecular formula is C30H36F3N5O3. The molecule has 1 aromatic rings. The Labute approximate surface area is 238 Å². The van der Waals surface area contributed by atoms with Crippen LogP contribution in [-0.2, 0) is 9.53 Å². The largest absolute Gasteiger partial charge is 0.494 e. The lowest BCUT2D eigenvalue weighted by Crippen LogP contribution is -2.43. The molecule has 11 heteroatoms. The van der Waals surface area contributed by atoms with Crippen LogP contribution in [-0.4, -0.2) is 67.1 Å². The van der Waals surface area contributed by atoms with Crippen molar-refractivity contribution in [3.05, 3.63) is 71.4 Å². The smallest absolute Gasteiger partial charge is 0.416 e. The molecule has 8 nitrogen and oxygen atoms in total. The van der Waals surface area contributed by atoms with Gasteiger partial charge in [0.15, 0.2) is 0 Å². The number of aromatic nitrogens is 1. The lowest BCUT2D eigenvalue weighted by atomic mass is 9.91. The first-order valence-electron chi connectivity index (χ1n) is 13.7. The number of allylic oxidation sites excluding steroid dienone is 7. The number of hydrogen-bond donors (Lipinski definition) is 2. The van der Waals surface area contributed by atoms with Gasteiger partial charge in [-0.15, -0.1) is 0 Å². The fourth-order valence-electron chi connectivity index (χ4n) is 5.10. The van der Waals surface area contributed by atoms with E-state index in [9.17, 15) is 18.0 Å². The van der Waals surface area contributed by atoms with Gasteiger partial charge in [-0.1, -0.05) is 18.2 Å². The Morgan fingerprint density at radius 2 is 2.05 bits per heavy atom. The van der Waals surface area contributed by atoms with Crippen molar-refractivity contribution in [3.63, 3.8) is 0 Å². The number of pyridine rings is 1. The van der Waals surface area contributed by atoms with E-state index in [0.717, 1.165) is 75.2 Å². The van der Waals surface area contributed by atoms with Crippen LogP contribution in [0.3, 0.4) is 0 Å². The molecule has 1 amide bonds. The van der Waals surface area contributed by atoms with Crippen molar-refractivity contribution in [2.75, 3.05) is 38.7 Å². The van der Waals surface area contributed by atoms with Gasteiger partial charge in [0.2, 0.25) is 0 Å². The van der Waals surface area contributed by atoms with Crippen LogP contribution in [0.1, 0.15) is 44.7 Å². The van der Waals surface area contributed by atoms with Gasteiger partial charge in [0.25, 0.3) is 5.91 Å². The first-order valence-corrected chi connectivity index (χ1v) is 13.7. The van der Waals surface area contributed by atoms with Gasteiger partial charge >= 0.3 is 6.18 Å². The molecule has 3 aliphatic rings. The van der Waals surface area contributed by atoms with Crippen LogP contribution in [0, 0.1) is 0 Å². The molecule has 0 radical (unpaired) electrons. The summed E-state index contributed by atoms with van der Waals surface area (Å²) >= 11 is 0. The van der Waals surface area contributed by atoms with Crippen LogP contribution in [0.2, 0.25) is 0 Å². The summed E-state index contributed by atoms with van der Waals surface area (Å²) in [7, 11) is 1.56. The summed E-state index contributed by atoms with van der Waals surface area (Å²) in [6, 6.07) is 2.21. The molecule has 1 unspecified atom stereocenters. The molecule has 0 aromatic carbocycles. The molecule has 0 saturated carbocycles. The predicted molar refractivity (Wildman–Crippen MR) is 153 cm³/mol. The van der Waals surface area contributed by atoms with Gasteiger partial charge in [-0.25, -0.2) is 0 Å². The minimum absolute atomic E-state index is 0.0933. The zero-order valence-corrected chi connectivity index (χ0v) is 23.3. The minimum atomic E-state index is -4.46. The number of nitrogens with zero attached hydrogens (tertiary/aromatic N) is 3. The molecule has 0 spiro atoms. The number of methoxy groups -OCH3 is 1. The predicted octanol–water partition coefficient (Wildman–Crippen LogP) is 5.32. The van der Waals surface area contributed by atoms with Crippen molar-refractivity contribution in [1.29, 1.82) is 0 Å². The maximum atomic E-state index is 13.1. The Morgan fingerprint density at radius 3 is 2.71 bits per heavy atom. The number of halogens is 3. The molecule has 1 aromatic heterocycles. The van der Waals surface area contributed by atoms with E-state index in [0.29, 0.717) is 36.0 Å². The minimum Gasteiger partial charge on any atom is -0.494 e. The number of nitrogens with two attached hydrogens (primary N) is 1. The first kappa shape index (κ1) is 30.3. The Balaban J connectivity index is 1.45. The maximum Gasteiger partial charge on any atom is 0.416 e. The number of aliphatic imine (C=N–C) groups is 1. The third kappa shape index (κ3) is 7.95. The Kier molecular flexibility index (Phi) is 10.2. The van der Waals surface area contributed by atoms with Gasteiger partial charge in [0, 0.05) is 37.1 Å². The van der Waals surface area contributed by atoms with E-state index < -0.39 is 17.7 Å². The summed E-state index contributed by atoms with van der Waals surface area (Å²) in [5.41, 5.74) is 8.05. The van der Waals surface area contributed by atoms with Crippen molar-refractivity contribution in [2.24, 2.45) is 10.7 Å². The summed E-state index contributed by atoms with van der Waals surface area (Å²) in [4.78, 5) is 24.6. The SMILES string of the molecule is COc1cc(NC(=O)C(=CN)C(C)=NC2=CC=C(C(F)(F)F)C=CCC2)cnc1C1=CCC(N2CCOCC2)CC1. The number of anilines is 1. The van der Waals surface area contributed by atoms with Gasteiger partial charge in [-0.3, -0.25) is 19.7 Å². The number of nitrogens with one attached hydrogen (secondary N) is 1. The molecule has 220 valence electrons. The van der Waals surface area contributed by atoms with E-state index in [2.05, 4.69) is 26.3 Å². The van der Waals surface area contributed by atoms with Gasteiger partial charge < -0.3 is 20.5 Å². The molecule has 1 fully saturated rings. The Hall–Kier alpha value is -3.70. The Bertz CT molecular complexity index is 1300. The zero-order chi connectivity index (χ0) is 29.4. The van der Waals surface area contributed by atoms with Crippen molar-refractivity contribution < 1.29 is 27.4 Å². The van der Waals surface area contributed by atoms with Crippen LogP contribution in [0.15, 0.2) is 70.7 Å². The van der Waals surface area contributed by atoms with E-state index in [1.165, 1.54) is 12.2 Å². The van der Waals surface area contributed by atoms with Crippen molar-refractivity contribution in [1.82, 2.24) is 9.88 Å². The van der Waals surface area contributed by atoms with Crippen LogP contribution >= 0.6 is 0 Å². The quantitative estimate of drug-likeness (QED) is 0.339. The van der Waals surface area contributed by atoms with Crippen molar-refractivity contribution in [3.8, 4) is 5.75 Å². The molecule has 2 heterocycles. The molecule has 0 bridgehead atoms. The van der Waals surface area contributed by atoms with Gasteiger partial charge in [0.05, 0.1) is 49.1 Å². The summed E-state index contributed by atoms with van der Waals surface area (Å²) in [5, 5.41) is 2.78. The average Bonchev–Trinajstić information content (AvgIpc) is 2.94. The second-order valence-electron chi connectivity index (χ2n) is 10.0. The normalized spacial score (nSPS) is 21.3. The molecule has 41 heavy (non-hydrogen) atoms. The molecule has 4 rings (SSSR count). The number of rotatable bonds is 7. The highest BCUT2D eigenvalue weighted by atomic mass is 19.4. The summed E-state index contributed by atoms with van der Waals surface area (Å²) in [6.45, 7) is 5.05. The van der Waals surface area contributed by atoms with Gasteiger partial charge in [0.1, 0.15) is 11.4 Å². The standard InChI is InChI=1S/C30H36F3N5O3/c1-20(36-23-6-4-3-5-22(9-10-23)30(31,32)33)26(18-34)29(39)37-24-17-27(40-2)28(35-19-24)21-7-11-25(12-8-21)38-13-15-41-16-14-38/h3,5,7,9-10,17-19,25H,4,6,8,11-16,34H2,1-2H3,(H,37,39). The van der Waals surface area contributed by atoms with Crippen LogP contribution < -0.4 is 15.8 Å². The maximum absolute atomic E-state index is 13.1. The first-order chi connectivity index (χ1) is 19.7. The number of ether oxygens (including phenoxy) is 2. The molecular weight excluding hydrogens is 535 g/mol. The fraction of sp³-hybridized carbons (Fsp3) is 0.433.